The molecule has 1 saturated heterocycles. The Morgan fingerprint density at radius 3 is 2.71 bits per heavy atom. The number of carbonyl (C=O) groups is 1. The minimum atomic E-state index is 0.122. The van der Waals surface area contributed by atoms with Crippen molar-refractivity contribution in [1.82, 2.24) is 9.80 Å². The fourth-order valence-corrected chi connectivity index (χ4v) is 2.42. The van der Waals surface area contributed by atoms with Crippen molar-refractivity contribution in [2.45, 2.75) is 13.8 Å². The van der Waals surface area contributed by atoms with Crippen molar-refractivity contribution >= 4 is 6.41 Å². The summed E-state index contributed by atoms with van der Waals surface area (Å²) in [6, 6.07) is 0. The molecule has 1 aliphatic carbocycles. The second kappa shape index (κ2) is 7.57. The lowest BCUT2D eigenvalue weighted by Gasteiger charge is -2.32. The molecule has 2 aliphatic rings. The molecule has 2 rings (SSSR count). The van der Waals surface area contributed by atoms with Crippen LogP contribution in [0.2, 0.25) is 0 Å². The van der Waals surface area contributed by atoms with Gasteiger partial charge >= 0.3 is 0 Å². The molecule has 1 fully saturated rings. The van der Waals surface area contributed by atoms with E-state index in [4.69, 9.17) is 4.74 Å². The van der Waals surface area contributed by atoms with Crippen LogP contribution in [0.3, 0.4) is 0 Å². The number of amides is 1. The van der Waals surface area contributed by atoms with Crippen LogP contribution in [0.1, 0.15) is 13.8 Å². The molecule has 4 nitrogen and oxygen atoms in total. The lowest BCUT2D eigenvalue weighted by Crippen LogP contribution is -2.46. The quantitative estimate of drug-likeness (QED) is 0.553. The van der Waals surface area contributed by atoms with E-state index in [9.17, 15) is 4.79 Å². The normalized spacial score (nSPS) is 22.0. The molecule has 0 N–H and O–H groups in total. The summed E-state index contributed by atoms with van der Waals surface area (Å²) in [5.74, 6) is 0. The van der Waals surface area contributed by atoms with Gasteiger partial charge in [-0.25, -0.2) is 0 Å². The highest BCUT2D eigenvalue weighted by Crippen LogP contribution is 2.22. The Morgan fingerprint density at radius 1 is 1.24 bits per heavy atom. The summed E-state index contributed by atoms with van der Waals surface area (Å²) in [4.78, 5) is 14.8. The summed E-state index contributed by atoms with van der Waals surface area (Å²) in [6.45, 7) is 10.3. The van der Waals surface area contributed by atoms with Crippen LogP contribution >= 0.6 is 0 Å². The Balaban J connectivity index is 1.63. The fraction of sp³-hybridized carbons (Fsp3) is 0.588. The molecule has 1 aliphatic heterocycles. The highest BCUT2D eigenvalue weighted by molar-refractivity contribution is 5.47. The van der Waals surface area contributed by atoms with E-state index >= 15 is 0 Å². The topological polar surface area (TPSA) is 32.8 Å². The summed E-state index contributed by atoms with van der Waals surface area (Å²) >= 11 is 0. The molecular formula is C17H26N2O2. The average molecular weight is 290 g/mol. The van der Waals surface area contributed by atoms with Crippen molar-refractivity contribution in [1.29, 1.82) is 0 Å². The second-order valence-corrected chi connectivity index (χ2v) is 6.29. The zero-order valence-electron chi connectivity index (χ0n) is 13.1. The molecule has 0 aromatic carbocycles. The van der Waals surface area contributed by atoms with E-state index in [0.717, 1.165) is 45.7 Å². The van der Waals surface area contributed by atoms with Gasteiger partial charge in [0.15, 0.2) is 0 Å². The molecule has 1 heterocycles. The van der Waals surface area contributed by atoms with Crippen molar-refractivity contribution in [2.75, 3.05) is 45.9 Å². The van der Waals surface area contributed by atoms with Gasteiger partial charge in [-0.1, -0.05) is 44.2 Å². The van der Waals surface area contributed by atoms with Gasteiger partial charge in [-0.05, 0) is 5.57 Å². The van der Waals surface area contributed by atoms with E-state index in [1.807, 2.05) is 4.90 Å². The van der Waals surface area contributed by atoms with Crippen LogP contribution in [-0.4, -0.2) is 62.1 Å². The maximum absolute atomic E-state index is 10.6. The molecule has 4 heteroatoms. The van der Waals surface area contributed by atoms with Crippen LogP contribution in [0.15, 0.2) is 36.0 Å². The van der Waals surface area contributed by atoms with Crippen molar-refractivity contribution in [3.05, 3.63) is 36.0 Å². The van der Waals surface area contributed by atoms with Gasteiger partial charge in [0.25, 0.3) is 0 Å². The van der Waals surface area contributed by atoms with Gasteiger partial charge in [0.2, 0.25) is 6.41 Å². The third kappa shape index (κ3) is 5.48. The smallest absolute Gasteiger partial charge is 0.209 e. The minimum Gasteiger partial charge on any atom is -0.375 e. The van der Waals surface area contributed by atoms with Crippen molar-refractivity contribution < 1.29 is 9.53 Å². The number of hydrogen-bond donors (Lipinski definition) is 0. The maximum atomic E-state index is 10.6. The molecule has 0 bridgehead atoms. The molecule has 0 atom stereocenters. The summed E-state index contributed by atoms with van der Waals surface area (Å²) in [5.41, 5.74) is 1.33. The monoisotopic (exact) mass is 290 g/mol. The Labute approximate surface area is 127 Å². The van der Waals surface area contributed by atoms with Crippen LogP contribution in [-0.2, 0) is 9.53 Å². The molecule has 0 saturated carbocycles. The first-order chi connectivity index (χ1) is 10.1. The number of piperazine rings is 1. The number of hydrogen-bond acceptors (Lipinski definition) is 3. The first-order valence-corrected chi connectivity index (χ1v) is 7.66. The van der Waals surface area contributed by atoms with E-state index < -0.39 is 0 Å². The van der Waals surface area contributed by atoms with Crippen LogP contribution in [0.25, 0.3) is 0 Å². The standard InChI is InChI=1S/C17H26N2O2/c1-17(2)6-3-4-16(5-7-17)14-21-13-12-18-8-10-19(15-20)11-9-18/h3-7,15H,8-14H2,1-2H3. The molecule has 21 heavy (non-hydrogen) atoms. The van der Waals surface area contributed by atoms with Gasteiger partial charge < -0.3 is 9.64 Å². The highest BCUT2D eigenvalue weighted by Gasteiger charge is 2.14. The SMILES string of the molecule is CC1(C)C=CC=C(COCCN2CCN(C=O)CC2)C=C1. The van der Waals surface area contributed by atoms with Crippen molar-refractivity contribution in [3.63, 3.8) is 0 Å². The minimum absolute atomic E-state index is 0.122. The van der Waals surface area contributed by atoms with Gasteiger partial charge in [-0.2, -0.15) is 0 Å². The number of carbonyl (C=O) groups excluding carboxylic acids is 1. The summed E-state index contributed by atoms with van der Waals surface area (Å²) < 4.78 is 5.77. The fourth-order valence-electron chi connectivity index (χ4n) is 2.42. The zero-order valence-corrected chi connectivity index (χ0v) is 13.1. The third-order valence-electron chi connectivity index (χ3n) is 3.94. The second-order valence-electron chi connectivity index (χ2n) is 6.29. The maximum Gasteiger partial charge on any atom is 0.209 e. The summed E-state index contributed by atoms with van der Waals surface area (Å²) in [6.07, 6.45) is 11.7. The van der Waals surface area contributed by atoms with Gasteiger partial charge in [0.05, 0.1) is 13.2 Å². The van der Waals surface area contributed by atoms with E-state index in [2.05, 4.69) is 49.1 Å². The Kier molecular flexibility index (Phi) is 5.76. The molecule has 0 aromatic rings. The van der Waals surface area contributed by atoms with E-state index in [-0.39, 0.29) is 5.41 Å². The predicted molar refractivity (Wildman–Crippen MR) is 85.0 cm³/mol. The summed E-state index contributed by atoms with van der Waals surface area (Å²) in [7, 11) is 0. The lowest BCUT2D eigenvalue weighted by molar-refractivity contribution is -0.119. The predicted octanol–water partition coefficient (Wildman–Crippen LogP) is 1.86. The number of ether oxygens (including phenoxy) is 1. The van der Waals surface area contributed by atoms with E-state index in [1.54, 1.807) is 0 Å². The van der Waals surface area contributed by atoms with Crippen LogP contribution in [0.5, 0.6) is 0 Å². The number of allylic oxidation sites excluding steroid dienone is 4. The van der Waals surface area contributed by atoms with Gasteiger partial charge in [0, 0.05) is 38.1 Å². The van der Waals surface area contributed by atoms with Crippen LogP contribution in [0.4, 0.5) is 0 Å². The first-order valence-electron chi connectivity index (χ1n) is 7.66. The molecule has 116 valence electrons. The van der Waals surface area contributed by atoms with Crippen LogP contribution < -0.4 is 0 Å². The van der Waals surface area contributed by atoms with Crippen molar-refractivity contribution in [2.24, 2.45) is 5.41 Å². The Bertz CT molecular complexity index is 430. The average Bonchev–Trinajstić information content (AvgIpc) is 2.65. The number of nitrogens with zero attached hydrogens (tertiary/aromatic N) is 2. The molecule has 0 radical (unpaired) electrons. The third-order valence-corrected chi connectivity index (χ3v) is 3.94. The van der Waals surface area contributed by atoms with E-state index in [1.165, 1.54) is 5.57 Å². The van der Waals surface area contributed by atoms with Crippen LogP contribution in [0, 0.1) is 5.41 Å². The number of rotatable bonds is 6. The summed E-state index contributed by atoms with van der Waals surface area (Å²) in [5, 5.41) is 0. The molecule has 0 spiro atoms. The van der Waals surface area contributed by atoms with Gasteiger partial charge in [0.1, 0.15) is 0 Å². The highest BCUT2D eigenvalue weighted by atomic mass is 16.5. The van der Waals surface area contributed by atoms with Gasteiger partial charge in [-0.3, -0.25) is 9.69 Å². The molecule has 0 aromatic heterocycles. The van der Waals surface area contributed by atoms with Gasteiger partial charge in [-0.15, -0.1) is 0 Å². The van der Waals surface area contributed by atoms with E-state index in [0.29, 0.717) is 6.61 Å². The lowest BCUT2D eigenvalue weighted by atomic mass is 9.93. The Hall–Kier alpha value is -1.39. The van der Waals surface area contributed by atoms with Crippen molar-refractivity contribution in [3.8, 4) is 0 Å². The molecule has 1 amide bonds. The largest absolute Gasteiger partial charge is 0.375 e. The first kappa shape index (κ1) is 16.0. The Morgan fingerprint density at radius 2 is 2.00 bits per heavy atom. The molecular weight excluding hydrogens is 264 g/mol. The molecule has 0 unspecified atom stereocenters. The zero-order chi connectivity index (χ0) is 15.1.